The van der Waals surface area contributed by atoms with E-state index in [9.17, 15) is 22.8 Å². The third kappa shape index (κ3) is 4.22. The number of aromatic amines is 1. The van der Waals surface area contributed by atoms with Crippen LogP contribution in [0.25, 0.3) is 11.1 Å². The largest absolute Gasteiger partial charge is 0.489 e. The van der Waals surface area contributed by atoms with Crippen molar-refractivity contribution in [1.29, 1.82) is 0 Å². The van der Waals surface area contributed by atoms with Gasteiger partial charge in [0.2, 0.25) is 0 Å². The van der Waals surface area contributed by atoms with Crippen molar-refractivity contribution in [2.45, 2.75) is 12.8 Å². The predicted molar refractivity (Wildman–Crippen MR) is 96.8 cm³/mol. The Hall–Kier alpha value is -3.55. The topological polar surface area (TPSA) is 85.2 Å². The van der Waals surface area contributed by atoms with Gasteiger partial charge in [-0.05, 0) is 29.3 Å². The molecule has 0 atom stereocenters. The van der Waals surface area contributed by atoms with Gasteiger partial charge in [-0.3, -0.25) is 9.59 Å². The van der Waals surface area contributed by atoms with Crippen molar-refractivity contribution in [3.8, 4) is 16.9 Å². The Kier molecular flexibility index (Phi) is 5.21. The zero-order chi connectivity index (χ0) is 20.3. The van der Waals surface area contributed by atoms with Crippen molar-refractivity contribution >= 4 is 5.91 Å². The summed E-state index contributed by atoms with van der Waals surface area (Å²) in [5.74, 6) is -0.653. The zero-order valence-electron chi connectivity index (χ0n) is 14.4. The third-order valence-corrected chi connectivity index (χ3v) is 4.00. The van der Waals surface area contributed by atoms with Gasteiger partial charge in [0.05, 0.1) is 0 Å². The highest BCUT2D eigenvalue weighted by Crippen LogP contribution is 2.35. The summed E-state index contributed by atoms with van der Waals surface area (Å²) in [6.45, 7) is 0.304. The van der Waals surface area contributed by atoms with E-state index in [-0.39, 0.29) is 11.1 Å². The van der Waals surface area contributed by atoms with Crippen molar-refractivity contribution in [3.63, 3.8) is 0 Å². The maximum Gasteiger partial charge on any atom is 0.431 e. The molecule has 3 aromatic rings. The van der Waals surface area contributed by atoms with Crippen molar-refractivity contribution < 1.29 is 22.7 Å². The molecule has 0 aliphatic carbocycles. The van der Waals surface area contributed by atoms with Crippen LogP contribution in [0.15, 0.2) is 65.5 Å². The lowest BCUT2D eigenvalue weighted by Gasteiger charge is -2.14. The van der Waals surface area contributed by atoms with Crippen LogP contribution in [0.5, 0.6) is 5.75 Å². The number of hydrogen-bond acceptors (Lipinski definition) is 3. The average Bonchev–Trinajstić information content (AvgIpc) is 2.66. The molecule has 28 heavy (non-hydrogen) atoms. The summed E-state index contributed by atoms with van der Waals surface area (Å²) < 4.78 is 45.6. The third-order valence-electron chi connectivity index (χ3n) is 4.00. The molecule has 144 valence electrons. The van der Waals surface area contributed by atoms with Crippen molar-refractivity contribution in [2.24, 2.45) is 5.73 Å². The van der Waals surface area contributed by atoms with Crippen LogP contribution in [0, 0.1) is 0 Å². The quantitative estimate of drug-likeness (QED) is 0.698. The van der Waals surface area contributed by atoms with E-state index in [0.29, 0.717) is 12.4 Å². The standard InChI is InChI=1S/C20H15F3N2O3/c21-20(22,23)17-15(10-16(18(24)26)19(27)25-17)13-6-8-14(9-7-13)28-11-12-4-2-1-3-5-12/h1-10H,11H2,(H2,24,26)(H,25,27). The molecule has 3 rings (SSSR count). The number of rotatable bonds is 5. The Morgan fingerprint density at radius 2 is 1.68 bits per heavy atom. The van der Waals surface area contributed by atoms with E-state index in [1.807, 2.05) is 30.3 Å². The van der Waals surface area contributed by atoms with E-state index in [4.69, 9.17) is 10.5 Å². The number of benzene rings is 2. The summed E-state index contributed by atoms with van der Waals surface area (Å²) in [4.78, 5) is 24.8. The number of aromatic nitrogens is 1. The smallest absolute Gasteiger partial charge is 0.431 e. The SMILES string of the molecule is NC(=O)c1cc(-c2ccc(OCc3ccccc3)cc2)c(C(F)(F)F)[nH]c1=O. The number of primary amides is 1. The van der Waals surface area contributed by atoms with Gasteiger partial charge in [0.1, 0.15) is 23.6 Å². The van der Waals surface area contributed by atoms with E-state index >= 15 is 0 Å². The van der Waals surface area contributed by atoms with Gasteiger partial charge in [-0.1, -0.05) is 42.5 Å². The minimum absolute atomic E-state index is 0.151. The van der Waals surface area contributed by atoms with Crippen LogP contribution >= 0.6 is 0 Å². The van der Waals surface area contributed by atoms with Gasteiger partial charge in [-0.2, -0.15) is 13.2 Å². The fraction of sp³-hybridized carbons (Fsp3) is 0.100. The number of nitrogens with two attached hydrogens (primary N) is 1. The van der Waals surface area contributed by atoms with Gasteiger partial charge in [0, 0.05) is 5.56 Å². The van der Waals surface area contributed by atoms with Crippen LogP contribution < -0.4 is 16.0 Å². The van der Waals surface area contributed by atoms with E-state index < -0.39 is 28.9 Å². The van der Waals surface area contributed by atoms with Crippen LogP contribution in [-0.4, -0.2) is 10.9 Å². The summed E-state index contributed by atoms with van der Waals surface area (Å²) >= 11 is 0. The van der Waals surface area contributed by atoms with Crippen LogP contribution in [0.2, 0.25) is 0 Å². The summed E-state index contributed by atoms with van der Waals surface area (Å²) in [5.41, 5.74) is 2.83. The minimum Gasteiger partial charge on any atom is -0.489 e. The van der Waals surface area contributed by atoms with Crippen molar-refractivity contribution in [2.75, 3.05) is 0 Å². The van der Waals surface area contributed by atoms with Gasteiger partial charge < -0.3 is 15.5 Å². The number of nitrogens with one attached hydrogen (secondary N) is 1. The van der Waals surface area contributed by atoms with Crippen LogP contribution in [-0.2, 0) is 12.8 Å². The molecular weight excluding hydrogens is 373 g/mol. The number of carbonyl (C=O) groups is 1. The molecule has 8 heteroatoms. The summed E-state index contributed by atoms with van der Waals surface area (Å²) in [6, 6.07) is 16.1. The molecule has 0 spiro atoms. The molecule has 1 amide bonds. The number of alkyl halides is 3. The molecular formula is C20H15F3N2O3. The van der Waals surface area contributed by atoms with Crippen LogP contribution in [0.1, 0.15) is 21.6 Å². The van der Waals surface area contributed by atoms with Crippen LogP contribution in [0.3, 0.4) is 0 Å². The lowest BCUT2D eigenvalue weighted by molar-refractivity contribution is -0.140. The number of pyridine rings is 1. The Morgan fingerprint density at radius 1 is 1.04 bits per heavy atom. The number of H-pyrrole nitrogens is 1. The molecule has 0 saturated heterocycles. The lowest BCUT2D eigenvalue weighted by atomic mass is 10.0. The lowest BCUT2D eigenvalue weighted by Crippen LogP contribution is -2.27. The highest BCUT2D eigenvalue weighted by molar-refractivity contribution is 5.94. The first kappa shape index (κ1) is 19.2. The summed E-state index contributed by atoms with van der Waals surface area (Å²) in [7, 11) is 0. The molecule has 0 fully saturated rings. The number of halogens is 3. The number of amides is 1. The predicted octanol–water partition coefficient (Wildman–Crippen LogP) is 3.74. The Balaban J connectivity index is 1.93. The van der Waals surface area contributed by atoms with E-state index in [0.717, 1.165) is 11.6 Å². The molecule has 0 aliphatic heterocycles. The number of carbonyl (C=O) groups excluding carboxylic acids is 1. The molecule has 0 radical (unpaired) electrons. The molecule has 0 bridgehead atoms. The maximum absolute atomic E-state index is 13.3. The second kappa shape index (κ2) is 7.59. The number of hydrogen-bond donors (Lipinski definition) is 2. The van der Waals surface area contributed by atoms with Crippen molar-refractivity contribution in [1.82, 2.24) is 4.98 Å². The first-order chi connectivity index (χ1) is 13.3. The maximum atomic E-state index is 13.3. The second-order valence-corrected chi connectivity index (χ2v) is 5.96. The normalized spacial score (nSPS) is 11.2. The highest BCUT2D eigenvalue weighted by Gasteiger charge is 2.36. The molecule has 5 nitrogen and oxygen atoms in total. The fourth-order valence-electron chi connectivity index (χ4n) is 2.64. The molecule has 2 aromatic carbocycles. The molecule has 0 aliphatic rings. The Morgan fingerprint density at radius 3 is 2.25 bits per heavy atom. The molecule has 0 saturated carbocycles. The van der Waals surface area contributed by atoms with Gasteiger partial charge in [-0.15, -0.1) is 0 Å². The fourth-order valence-corrected chi connectivity index (χ4v) is 2.64. The van der Waals surface area contributed by atoms with Gasteiger partial charge in [0.25, 0.3) is 11.5 Å². The van der Waals surface area contributed by atoms with Gasteiger partial charge in [-0.25, -0.2) is 0 Å². The van der Waals surface area contributed by atoms with Gasteiger partial charge >= 0.3 is 6.18 Å². The van der Waals surface area contributed by atoms with E-state index in [1.165, 1.54) is 24.3 Å². The first-order valence-corrected chi connectivity index (χ1v) is 8.17. The number of ether oxygens (including phenoxy) is 1. The molecule has 3 N–H and O–H groups in total. The van der Waals surface area contributed by atoms with E-state index in [2.05, 4.69) is 0 Å². The van der Waals surface area contributed by atoms with Crippen molar-refractivity contribution in [3.05, 3.63) is 87.8 Å². The monoisotopic (exact) mass is 388 g/mol. The van der Waals surface area contributed by atoms with Crippen LogP contribution in [0.4, 0.5) is 13.2 Å². The summed E-state index contributed by atoms with van der Waals surface area (Å²) in [6.07, 6.45) is -4.81. The Bertz CT molecular complexity index is 1040. The molecule has 0 unspecified atom stereocenters. The summed E-state index contributed by atoms with van der Waals surface area (Å²) in [5, 5.41) is 0. The first-order valence-electron chi connectivity index (χ1n) is 8.17. The molecule has 1 heterocycles. The zero-order valence-corrected chi connectivity index (χ0v) is 14.4. The van der Waals surface area contributed by atoms with E-state index in [1.54, 1.807) is 4.98 Å². The second-order valence-electron chi connectivity index (χ2n) is 5.96. The highest BCUT2D eigenvalue weighted by atomic mass is 19.4. The average molecular weight is 388 g/mol. The Labute approximate surface area is 157 Å². The van der Waals surface area contributed by atoms with Gasteiger partial charge in [0.15, 0.2) is 0 Å². The molecule has 1 aromatic heterocycles. The minimum atomic E-state index is -4.81.